The SMILES string of the molecule is C[C@@H](Cl)C(=O)Nc1ccccc1N1CCOCC1. The summed E-state index contributed by atoms with van der Waals surface area (Å²) in [6, 6.07) is 7.75. The number of ether oxygens (including phenoxy) is 1. The van der Waals surface area contributed by atoms with Crippen molar-refractivity contribution in [3.05, 3.63) is 24.3 Å². The number of morpholine rings is 1. The molecule has 1 fully saturated rings. The number of carbonyl (C=O) groups excluding carboxylic acids is 1. The molecule has 1 saturated heterocycles. The number of amides is 1. The Morgan fingerprint density at radius 3 is 2.72 bits per heavy atom. The van der Waals surface area contributed by atoms with Gasteiger partial charge in [-0.15, -0.1) is 11.6 Å². The number of para-hydroxylation sites is 2. The van der Waals surface area contributed by atoms with E-state index in [9.17, 15) is 4.79 Å². The van der Waals surface area contributed by atoms with Crippen LogP contribution in [0.25, 0.3) is 0 Å². The van der Waals surface area contributed by atoms with E-state index in [0.717, 1.165) is 24.5 Å². The fourth-order valence-electron chi connectivity index (χ4n) is 1.89. The van der Waals surface area contributed by atoms with Gasteiger partial charge in [0.25, 0.3) is 0 Å². The maximum absolute atomic E-state index is 11.7. The number of benzene rings is 1. The standard InChI is InChI=1S/C13H17ClN2O2/c1-10(14)13(17)15-11-4-2-3-5-12(11)16-6-8-18-9-7-16/h2-5,10H,6-9H2,1H3,(H,15,17)/t10-/m1/s1. The van der Waals surface area contributed by atoms with Gasteiger partial charge < -0.3 is 15.0 Å². The smallest absolute Gasteiger partial charge is 0.242 e. The molecule has 0 aliphatic carbocycles. The Labute approximate surface area is 112 Å². The van der Waals surface area contributed by atoms with E-state index < -0.39 is 5.38 Å². The molecule has 2 rings (SSSR count). The molecule has 0 bridgehead atoms. The minimum Gasteiger partial charge on any atom is -0.378 e. The number of anilines is 2. The molecule has 1 amide bonds. The van der Waals surface area contributed by atoms with Crippen LogP contribution in [0.1, 0.15) is 6.92 Å². The number of carbonyl (C=O) groups is 1. The lowest BCUT2D eigenvalue weighted by molar-refractivity contribution is -0.115. The Balaban J connectivity index is 2.16. The minimum atomic E-state index is -0.539. The van der Waals surface area contributed by atoms with Gasteiger partial charge in [-0.05, 0) is 19.1 Å². The van der Waals surface area contributed by atoms with E-state index in [4.69, 9.17) is 16.3 Å². The number of rotatable bonds is 3. The van der Waals surface area contributed by atoms with Crippen LogP contribution in [0, 0.1) is 0 Å². The van der Waals surface area contributed by atoms with Gasteiger partial charge in [0.2, 0.25) is 5.91 Å². The Hall–Kier alpha value is -1.26. The first-order chi connectivity index (χ1) is 8.68. The maximum atomic E-state index is 11.7. The summed E-state index contributed by atoms with van der Waals surface area (Å²) in [5.74, 6) is -0.183. The average molecular weight is 269 g/mol. The average Bonchev–Trinajstić information content (AvgIpc) is 2.40. The molecule has 0 aromatic heterocycles. The molecule has 1 atom stereocenters. The highest BCUT2D eigenvalue weighted by Crippen LogP contribution is 2.26. The van der Waals surface area contributed by atoms with Gasteiger partial charge in [-0.25, -0.2) is 0 Å². The summed E-state index contributed by atoms with van der Waals surface area (Å²) in [4.78, 5) is 13.9. The molecule has 18 heavy (non-hydrogen) atoms. The molecule has 0 radical (unpaired) electrons. The predicted molar refractivity (Wildman–Crippen MR) is 73.4 cm³/mol. The second kappa shape index (κ2) is 6.07. The molecule has 1 aromatic rings. The van der Waals surface area contributed by atoms with Crippen LogP contribution in [0.3, 0.4) is 0 Å². The molecule has 0 saturated carbocycles. The highest BCUT2D eigenvalue weighted by Gasteiger charge is 2.16. The largest absolute Gasteiger partial charge is 0.378 e. The topological polar surface area (TPSA) is 41.6 Å². The van der Waals surface area contributed by atoms with E-state index in [1.165, 1.54) is 0 Å². The van der Waals surface area contributed by atoms with Crippen molar-refractivity contribution < 1.29 is 9.53 Å². The van der Waals surface area contributed by atoms with Crippen LogP contribution in [0.4, 0.5) is 11.4 Å². The van der Waals surface area contributed by atoms with Crippen molar-refractivity contribution in [1.29, 1.82) is 0 Å². The lowest BCUT2D eigenvalue weighted by atomic mass is 10.2. The monoisotopic (exact) mass is 268 g/mol. The van der Waals surface area contributed by atoms with Crippen LogP contribution in [0.2, 0.25) is 0 Å². The molecule has 98 valence electrons. The molecule has 1 heterocycles. The Kier molecular flexibility index (Phi) is 4.44. The number of nitrogens with zero attached hydrogens (tertiary/aromatic N) is 1. The molecular weight excluding hydrogens is 252 g/mol. The third-order valence-corrected chi connectivity index (χ3v) is 3.07. The minimum absolute atomic E-state index is 0.183. The fraction of sp³-hybridized carbons (Fsp3) is 0.462. The summed E-state index contributed by atoms with van der Waals surface area (Å²) in [5, 5.41) is 2.31. The van der Waals surface area contributed by atoms with Crippen molar-refractivity contribution in [2.75, 3.05) is 36.5 Å². The van der Waals surface area contributed by atoms with Crippen molar-refractivity contribution in [1.82, 2.24) is 0 Å². The number of hydrogen-bond acceptors (Lipinski definition) is 3. The summed E-state index contributed by atoms with van der Waals surface area (Å²) in [5.41, 5.74) is 1.82. The zero-order valence-corrected chi connectivity index (χ0v) is 11.1. The molecule has 4 nitrogen and oxygen atoms in total. The van der Waals surface area contributed by atoms with Crippen LogP contribution < -0.4 is 10.2 Å². The number of alkyl halides is 1. The van der Waals surface area contributed by atoms with Crippen molar-refractivity contribution in [2.24, 2.45) is 0 Å². The lowest BCUT2D eigenvalue weighted by Crippen LogP contribution is -2.37. The molecule has 0 unspecified atom stereocenters. The van der Waals surface area contributed by atoms with Gasteiger partial charge in [0.15, 0.2) is 0 Å². The molecule has 1 aliphatic heterocycles. The Morgan fingerprint density at radius 1 is 1.39 bits per heavy atom. The third kappa shape index (κ3) is 3.15. The van der Waals surface area contributed by atoms with E-state index in [2.05, 4.69) is 10.2 Å². The first-order valence-electron chi connectivity index (χ1n) is 6.05. The number of halogens is 1. The van der Waals surface area contributed by atoms with Crippen LogP contribution >= 0.6 is 11.6 Å². The molecule has 1 aromatic carbocycles. The number of hydrogen-bond donors (Lipinski definition) is 1. The van der Waals surface area contributed by atoms with Gasteiger partial charge in [0.05, 0.1) is 24.6 Å². The Morgan fingerprint density at radius 2 is 2.06 bits per heavy atom. The molecule has 1 aliphatic rings. The van der Waals surface area contributed by atoms with E-state index in [-0.39, 0.29) is 5.91 Å². The van der Waals surface area contributed by atoms with E-state index in [1.54, 1.807) is 6.92 Å². The second-order valence-electron chi connectivity index (χ2n) is 4.22. The third-order valence-electron chi connectivity index (χ3n) is 2.87. The summed E-state index contributed by atoms with van der Waals surface area (Å²) >= 11 is 5.77. The second-order valence-corrected chi connectivity index (χ2v) is 4.88. The van der Waals surface area contributed by atoms with Crippen LogP contribution in [-0.4, -0.2) is 37.6 Å². The van der Waals surface area contributed by atoms with Crippen molar-refractivity contribution >= 4 is 28.9 Å². The van der Waals surface area contributed by atoms with Gasteiger partial charge in [0.1, 0.15) is 5.38 Å². The first-order valence-corrected chi connectivity index (χ1v) is 6.49. The number of nitrogens with one attached hydrogen (secondary N) is 1. The van der Waals surface area contributed by atoms with Crippen LogP contribution in [-0.2, 0) is 9.53 Å². The molecule has 5 heteroatoms. The maximum Gasteiger partial charge on any atom is 0.242 e. The lowest BCUT2D eigenvalue weighted by Gasteiger charge is -2.30. The quantitative estimate of drug-likeness (QED) is 0.854. The van der Waals surface area contributed by atoms with E-state index >= 15 is 0 Å². The fourth-order valence-corrected chi connectivity index (χ4v) is 1.95. The van der Waals surface area contributed by atoms with Crippen molar-refractivity contribution in [2.45, 2.75) is 12.3 Å². The van der Waals surface area contributed by atoms with Crippen molar-refractivity contribution in [3.8, 4) is 0 Å². The summed E-state index contributed by atoms with van der Waals surface area (Å²) in [6.07, 6.45) is 0. The predicted octanol–water partition coefficient (Wildman–Crippen LogP) is 2.09. The van der Waals surface area contributed by atoms with E-state index in [1.807, 2.05) is 24.3 Å². The molecular formula is C13H17ClN2O2. The van der Waals surface area contributed by atoms with Crippen LogP contribution in [0.15, 0.2) is 24.3 Å². The summed E-state index contributed by atoms with van der Waals surface area (Å²) < 4.78 is 5.33. The summed E-state index contributed by atoms with van der Waals surface area (Å²) in [6.45, 7) is 4.77. The van der Waals surface area contributed by atoms with Gasteiger partial charge in [-0.2, -0.15) is 0 Å². The summed E-state index contributed by atoms with van der Waals surface area (Å²) in [7, 11) is 0. The normalized spacial score (nSPS) is 17.3. The molecule has 1 N–H and O–H groups in total. The zero-order chi connectivity index (χ0) is 13.0. The first kappa shape index (κ1) is 13.2. The van der Waals surface area contributed by atoms with Gasteiger partial charge in [-0.3, -0.25) is 4.79 Å². The van der Waals surface area contributed by atoms with E-state index in [0.29, 0.717) is 13.2 Å². The highest BCUT2D eigenvalue weighted by molar-refractivity contribution is 6.32. The van der Waals surface area contributed by atoms with Gasteiger partial charge >= 0.3 is 0 Å². The van der Waals surface area contributed by atoms with Crippen LogP contribution in [0.5, 0.6) is 0 Å². The van der Waals surface area contributed by atoms with Gasteiger partial charge in [-0.1, -0.05) is 12.1 Å². The highest BCUT2D eigenvalue weighted by atomic mass is 35.5. The van der Waals surface area contributed by atoms with Gasteiger partial charge in [0, 0.05) is 13.1 Å². The Bertz CT molecular complexity index is 417. The zero-order valence-electron chi connectivity index (χ0n) is 10.4. The van der Waals surface area contributed by atoms with Crippen molar-refractivity contribution in [3.63, 3.8) is 0 Å². The molecule has 0 spiro atoms.